The largest absolute Gasteiger partial charge is 0.443 e. The van der Waals surface area contributed by atoms with Crippen LogP contribution in [0.15, 0.2) is 6.07 Å². The molecule has 2 N–H and O–H groups in total. The van der Waals surface area contributed by atoms with E-state index < -0.39 is 11.7 Å². The van der Waals surface area contributed by atoms with Crippen molar-refractivity contribution in [3.05, 3.63) is 21.4 Å². The summed E-state index contributed by atoms with van der Waals surface area (Å²) in [6.45, 7) is 6.12. The van der Waals surface area contributed by atoms with Crippen molar-refractivity contribution in [2.75, 3.05) is 6.54 Å². The van der Waals surface area contributed by atoms with Crippen molar-refractivity contribution in [3.8, 4) is 0 Å². The van der Waals surface area contributed by atoms with Gasteiger partial charge in [0.2, 0.25) is 0 Å². The van der Waals surface area contributed by atoms with Crippen LogP contribution in [-0.2, 0) is 17.7 Å². The highest BCUT2D eigenvalue weighted by Gasteiger charge is 2.33. The maximum atomic E-state index is 12.3. The Bertz CT molecular complexity index is 516. The third kappa shape index (κ3) is 2.96. The molecule has 1 aromatic heterocycles. The van der Waals surface area contributed by atoms with Gasteiger partial charge in [-0.15, -0.1) is 11.3 Å². The zero-order chi connectivity index (χ0) is 14.2. The summed E-state index contributed by atoms with van der Waals surface area (Å²) in [5.74, 6) is -0.286. The molecule has 0 atom stereocenters. The van der Waals surface area contributed by atoms with Crippen molar-refractivity contribution >= 4 is 23.3 Å². The molecule has 1 aromatic rings. The molecular weight excluding hydrogens is 264 g/mol. The van der Waals surface area contributed by atoms with Gasteiger partial charge in [0.15, 0.2) is 0 Å². The fraction of sp³-hybridized carbons (Fsp3) is 0.538. The van der Waals surface area contributed by atoms with Crippen LogP contribution in [0.2, 0.25) is 0 Å². The van der Waals surface area contributed by atoms with Crippen LogP contribution < -0.4 is 5.73 Å². The van der Waals surface area contributed by atoms with E-state index in [0.717, 1.165) is 9.75 Å². The lowest BCUT2D eigenvalue weighted by atomic mass is 10.1. The second kappa shape index (κ2) is 4.94. The zero-order valence-corrected chi connectivity index (χ0v) is 12.2. The molecule has 0 radical (unpaired) electrons. The quantitative estimate of drug-likeness (QED) is 0.856. The number of carbonyl (C=O) groups is 2. The van der Waals surface area contributed by atoms with Gasteiger partial charge in [-0.25, -0.2) is 9.69 Å². The van der Waals surface area contributed by atoms with Crippen molar-refractivity contribution in [2.45, 2.75) is 39.3 Å². The lowest BCUT2D eigenvalue weighted by Crippen LogP contribution is -2.44. The molecular formula is C13H18N2O3S. The van der Waals surface area contributed by atoms with Gasteiger partial charge >= 0.3 is 6.09 Å². The zero-order valence-electron chi connectivity index (χ0n) is 11.4. The molecule has 0 bridgehead atoms. The summed E-state index contributed by atoms with van der Waals surface area (Å²) in [6.07, 6.45) is 0.0917. The predicted octanol–water partition coefficient (Wildman–Crippen LogP) is 2.14. The van der Waals surface area contributed by atoms with Crippen molar-refractivity contribution in [1.82, 2.24) is 4.90 Å². The summed E-state index contributed by atoms with van der Waals surface area (Å²) >= 11 is 1.54. The van der Waals surface area contributed by atoms with E-state index in [1.54, 1.807) is 38.2 Å². The van der Waals surface area contributed by atoms with Crippen LogP contribution in [0.5, 0.6) is 0 Å². The van der Waals surface area contributed by atoms with Gasteiger partial charge in [-0.3, -0.25) is 4.79 Å². The van der Waals surface area contributed by atoms with E-state index in [0.29, 0.717) is 25.1 Å². The average Bonchev–Trinajstić information content (AvgIpc) is 2.71. The maximum Gasteiger partial charge on any atom is 0.417 e. The van der Waals surface area contributed by atoms with E-state index >= 15 is 0 Å². The molecule has 6 heteroatoms. The molecule has 2 rings (SSSR count). The number of amides is 2. The van der Waals surface area contributed by atoms with Crippen LogP contribution in [-0.4, -0.2) is 29.0 Å². The predicted molar refractivity (Wildman–Crippen MR) is 73.2 cm³/mol. The molecule has 1 aliphatic heterocycles. The van der Waals surface area contributed by atoms with Gasteiger partial charge in [0, 0.05) is 29.3 Å². The Morgan fingerprint density at radius 3 is 2.79 bits per heavy atom. The number of imide groups is 1. The van der Waals surface area contributed by atoms with Crippen molar-refractivity contribution in [2.24, 2.45) is 5.73 Å². The number of rotatable bonds is 1. The third-order valence-corrected chi connectivity index (χ3v) is 3.93. The molecule has 0 spiro atoms. The Balaban J connectivity index is 2.19. The highest BCUT2D eigenvalue weighted by Crippen LogP contribution is 2.28. The average molecular weight is 282 g/mol. The lowest BCUT2D eigenvalue weighted by molar-refractivity contribution is 0.0234. The van der Waals surface area contributed by atoms with Gasteiger partial charge in [-0.1, -0.05) is 0 Å². The Labute approximate surface area is 116 Å². The Morgan fingerprint density at radius 1 is 1.53 bits per heavy atom. The molecule has 0 fully saturated rings. The standard InChI is InChI=1S/C13H18N2O3S/c1-13(2,3)18-12(17)15-5-4-10-9(11(15)16)6-8(7-14)19-10/h6H,4-5,7,14H2,1-3H3. The summed E-state index contributed by atoms with van der Waals surface area (Å²) in [5, 5.41) is 0. The van der Waals surface area contributed by atoms with Gasteiger partial charge < -0.3 is 10.5 Å². The van der Waals surface area contributed by atoms with Crippen LogP contribution in [0, 0.1) is 0 Å². The van der Waals surface area contributed by atoms with Gasteiger partial charge in [0.1, 0.15) is 5.60 Å². The minimum atomic E-state index is -0.602. The summed E-state index contributed by atoms with van der Waals surface area (Å²) < 4.78 is 5.24. The first kappa shape index (κ1) is 14.0. The molecule has 104 valence electrons. The lowest BCUT2D eigenvalue weighted by Gasteiger charge is -2.28. The summed E-state index contributed by atoms with van der Waals surface area (Å²) in [4.78, 5) is 27.4. The highest BCUT2D eigenvalue weighted by molar-refractivity contribution is 7.12. The minimum absolute atomic E-state index is 0.286. The molecule has 2 amide bonds. The van der Waals surface area contributed by atoms with Crippen molar-refractivity contribution < 1.29 is 14.3 Å². The van der Waals surface area contributed by atoms with Gasteiger partial charge in [-0.2, -0.15) is 0 Å². The Hall–Kier alpha value is -1.40. The monoisotopic (exact) mass is 282 g/mol. The molecule has 2 heterocycles. The highest BCUT2D eigenvalue weighted by atomic mass is 32.1. The Morgan fingerprint density at radius 2 is 2.21 bits per heavy atom. The van der Waals surface area contributed by atoms with E-state index in [9.17, 15) is 9.59 Å². The fourth-order valence-electron chi connectivity index (χ4n) is 1.90. The van der Waals surface area contributed by atoms with Crippen molar-refractivity contribution in [3.63, 3.8) is 0 Å². The number of ether oxygens (including phenoxy) is 1. The van der Waals surface area contributed by atoms with Gasteiger partial charge in [0.05, 0.1) is 5.56 Å². The fourth-order valence-corrected chi connectivity index (χ4v) is 2.93. The molecule has 0 saturated heterocycles. The first-order chi connectivity index (χ1) is 8.81. The number of thiophene rings is 1. The molecule has 5 nitrogen and oxygen atoms in total. The molecule has 0 aliphatic carbocycles. The second-order valence-corrected chi connectivity index (χ2v) is 6.66. The SMILES string of the molecule is CC(C)(C)OC(=O)N1CCc2sc(CN)cc2C1=O. The van der Waals surface area contributed by atoms with Crippen LogP contribution in [0.4, 0.5) is 4.79 Å². The minimum Gasteiger partial charge on any atom is -0.443 e. The second-order valence-electron chi connectivity index (χ2n) is 5.44. The normalized spacial score (nSPS) is 15.4. The number of nitrogens with two attached hydrogens (primary N) is 1. The molecule has 1 aliphatic rings. The van der Waals surface area contributed by atoms with Gasteiger partial charge in [0.25, 0.3) is 5.91 Å². The first-order valence-electron chi connectivity index (χ1n) is 6.18. The van der Waals surface area contributed by atoms with Crippen LogP contribution in [0.1, 0.15) is 40.9 Å². The number of hydrogen-bond acceptors (Lipinski definition) is 5. The Kier molecular flexibility index (Phi) is 3.64. The number of fused-ring (bicyclic) bond motifs is 1. The van der Waals surface area contributed by atoms with E-state index in [-0.39, 0.29) is 5.91 Å². The van der Waals surface area contributed by atoms with E-state index in [2.05, 4.69) is 0 Å². The number of hydrogen-bond donors (Lipinski definition) is 1. The number of nitrogens with zero attached hydrogens (tertiary/aromatic N) is 1. The smallest absolute Gasteiger partial charge is 0.417 e. The third-order valence-electron chi connectivity index (χ3n) is 2.71. The van der Waals surface area contributed by atoms with E-state index in [1.807, 2.05) is 0 Å². The van der Waals surface area contributed by atoms with Crippen LogP contribution in [0.25, 0.3) is 0 Å². The summed E-state index contributed by atoms with van der Waals surface area (Å²) in [5.41, 5.74) is 5.56. The van der Waals surface area contributed by atoms with Crippen LogP contribution >= 0.6 is 11.3 Å². The number of carbonyl (C=O) groups excluding carboxylic acids is 2. The maximum absolute atomic E-state index is 12.3. The molecule has 0 saturated carbocycles. The summed E-state index contributed by atoms with van der Waals surface area (Å²) in [7, 11) is 0. The molecule has 19 heavy (non-hydrogen) atoms. The van der Waals surface area contributed by atoms with Crippen molar-refractivity contribution in [1.29, 1.82) is 0 Å². The molecule has 0 aromatic carbocycles. The van der Waals surface area contributed by atoms with Crippen LogP contribution in [0.3, 0.4) is 0 Å². The topological polar surface area (TPSA) is 72.6 Å². The first-order valence-corrected chi connectivity index (χ1v) is 7.00. The molecule has 0 unspecified atom stereocenters. The van der Waals surface area contributed by atoms with E-state index in [1.165, 1.54) is 4.90 Å². The summed E-state index contributed by atoms with van der Waals surface area (Å²) in [6, 6.07) is 1.78. The van der Waals surface area contributed by atoms with Gasteiger partial charge in [-0.05, 0) is 26.8 Å². The van der Waals surface area contributed by atoms with E-state index in [4.69, 9.17) is 10.5 Å².